The zero-order chi connectivity index (χ0) is 20.0. The van der Waals surface area contributed by atoms with E-state index in [-0.39, 0.29) is 22.3 Å². The predicted octanol–water partition coefficient (Wildman–Crippen LogP) is 2.95. The van der Waals surface area contributed by atoms with Gasteiger partial charge in [-0.2, -0.15) is 0 Å². The third-order valence-electron chi connectivity index (χ3n) is 5.66. The molecule has 1 saturated heterocycles. The van der Waals surface area contributed by atoms with Gasteiger partial charge in [-0.05, 0) is 31.0 Å². The average molecular weight is 392 g/mol. The van der Waals surface area contributed by atoms with Gasteiger partial charge >= 0.3 is 5.69 Å². The van der Waals surface area contributed by atoms with Crippen LogP contribution in [-0.4, -0.2) is 42.4 Å². The van der Waals surface area contributed by atoms with E-state index in [9.17, 15) is 14.9 Å². The zero-order valence-corrected chi connectivity index (χ0v) is 15.7. The van der Waals surface area contributed by atoms with Crippen molar-refractivity contribution >= 4 is 27.8 Å². The van der Waals surface area contributed by atoms with Gasteiger partial charge in [-0.1, -0.05) is 12.1 Å². The van der Waals surface area contributed by atoms with Crippen molar-refractivity contribution in [3.8, 4) is 0 Å². The number of pyridine rings is 1. The van der Waals surface area contributed by atoms with Gasteiger partial charge in [0, 0.05) is 36.8 Å². The maximum atomic E-state index is 12.8. The van der Waals surface area contributed by atoms with E-state index >= 15 is 0 Å². The van der Waals surface area contributed by atoms with Gasteiger partial charge in [0.25, 0.3) is 5.69 Å². The molecule has 1 aromatic carbocycles. The van der Waals surface area contributed by atoms with Crippen molar-refractivity contribution in [2.45, 2.75) is 25.4 Å². The first-order valence-corrected chi connectivity index (χ1v) is 9.62. The molecule has 0 radical (unpaired) electrons. The summed E-state index contributed by atoms with van der Waals surface area (Å²) in [5, 5.41) is 11.8. The summed E-state index contributed by atoms with van der Waals surface area (Å²) in [5.74, 6) is 0. The van der Waals surface area contributed by atoms with Gasteiger partial charge in [0.15, 0.2) is 0 Å². The fourth-order valence-corrected chi connectivity index (χ4v) is 4.34. The second-order valence-corrected chi connectivity index (χ2v) is 7.52. The smallest absolute Gasteiger partial charge is 0.326 e. The number of nitrogens with zero attached hydrogens (tertiary/aromatic N) is 4. The lowest BCUT2D eigenvalue weighted by atomic mass is 10.0. The molecule has 0 aliphatic carbocycles. The van der Waals surface area contributed by atoms with Gasteiger partial charge in [-0.25, -0.2) is 9.78 Å². The minimum absolute atomic E-state index is 0.0588. The van der Waals surface area contributed by atoms with Crippen LogP contribution in [0.2, 0.25) is 0 Å². The Morgan fingerprint density at radius 2 is 2.07 bits per heavy atom. The zero-order valence-electron chi connectivity index (χ0n) is 15.7. The molecule has 1 fully saturated rings. The van der Waals surface area contributed by atoms with E-state index in [1.807, 2.05) is 16.8 Å². The molecule has 1 aliphatic heterocycles. The largest absolute Gasteiger partial charge is 0.346 e. The van der Waals surface area contributed by atoms with Crippen LogP contribution < -0.4 is 5.69 Å². The summed E-state index contributed by atoms with van der Waals surface area (Å²) in [7, 11) is 0. The van der Waals surface area contributed by atoms with Crippen LogP contribution in [0, 0.1) is 10.1 Å². The number of nitro groups is 1. The van der Waals surface area contributed by atoms with Crippen LogP contribution in [0.1, 0.15) is 24.4 Å². The Morgan fingerprint density at radius 1 is 1.24 bits per heavy atom. The number of benzene rings is 1. The molecule has 1 aliphatic rings. The number of nitro benzene ring substituents is 1. The number of aromatic amines is 2. The summed E-state index contributed by atoms with van der Waals surface area (Å²) in [6.07, 6.45) is 5.44. The Balaban J connectivity index is 1.44. The van der Waals surface area contributed by atoms with E-state index < -0.39 is 0 Å². The van der Waals surface area contributed by atoms with E-state index in [2.05, 4.69) is 19.9 Å². The summed E-state index contributed by atoms with van der Waals surface area (Å²) in [5.41, 5.74) is 3.42. The molecular weight excluding hydrogens is 372 g/mol. The highest BCUT2D eigenvalue weighted by molar-refractivity contribution is 6.00. The fourth-order valence-electron chi connectivity index (χ4n) is 4.34. The van der Waals surface area contributed by atoms with Crippen LogP contribution in [-0.2, 0) is 6.54 Å². The number of nitrogens with one attached hydrogen (secondary N) is 2. The summed E-state index contributed by atoms with van der Waals surface area (Å²) in [6, 6.07) is 8.69. The Hall–Kier alpha value is -3.46. The van der Waals surface area contributed by atoms with Crippen LogP contribution in [0.25, 0.3) is 22.1 Å². The highest BCUT2D eigenvalue weighted by Crippen LogP contribution is 2.28. The van der Waals surface area contributed by atoms with Crippen molar-refractivity contribution in [3.63, 3.8) is 0 Å². The van der Waals surface area contributed by atoms with Crippen LogP contribution in [0.4, 0.5) is 5.69 Å². The minimum atomic E-state index is -0.388. The molecule has 9 heteroatoms. The van der Waals surface area contributed by atoms with Gasteiger partial charge in [0.1, 0.15) is 5.65 Å². The number of non-ortho nitro benzene ring substituents is 1. The Bertz CT molecular complexity index is 1250. The van der Waals surface area contributed by atoms with Gasteiger partial charge in [0.05, 0.1) is 28.2 Å². The van der Waals surface area contributed by atoms with Crippen molar-refractivity contribution < 1.29 is 4.92 Å². The van der Waals surface area contributed by atoms with E-state index in [0.717, 1.165) is 53.6 Å². The molecule has 0 spiro atoms. The standard InChI is InChI=1S/C20H20N6O3/c27-20-23-17-10-22-19-16(7-8-21-19)18(17)25(20)15-2-1-9-24(12-15)11-13-3-5-14(6-4-13)26(28)29/h3-8,10,15H,1-2,9,11-12H2,(H,21,22)(H,23,27)/t15-/m1/s1. The molecule has 0 amide bonds. The van der Waals surface area contributed by atoms with Crippen molar-refractivity contribution in [1.29, 1.82) is 0 Å². The Kier molecular flexibility index (Phi) is 4.17. The quantitative estimate of drug-likeness (QED) is 0.409. The lowest BCUT2D eigenvalue weighted by molar-refractivity contribution is -0.384. The molecule has 3 aromatic heterocycles. The second kappa shape index (κ2) is 6.85. The van der Waals surface area contributed by atoms with E-state index in [4.69, 9.17) is 0 Å². The first-order chi connectivity index (χ1) is 14.1. The molecule has 1 atom stereocenters. The molecule has 0 unspecified atom stereocenters. The van der Waals surface area contributed by atoms with Gasteiger partial charge < -0.3 is 9.97 Å². The molecular formula is C20H20N6O3. The second-order valence-electron chi connectivity index (χ2n) is 7.52. The lowest BCUT2D eigenvalue weighted by Gasteiger charge is -2.33. The topological polar surface area (TPSA) is 113 Å². The number of hydrogen-bond donors (Lipinski definition) is 2. The van der Waals surface area contributed by atoms with Crippen molar-refractivity contribution in [1.82, 2.24) is 24.4 Å². The number of imidazole rings is 1. The summed E-state index contributed by atoms with van der Waals surface area (Å²) in [6.45, 7) is 2.39. The molecule has 4 heterocycles. The molecule has 4 aromatic rings. The Morgan fingerprint density at radius 3 is 2.86 bits per heavy atom. The molecule has 9 nitrogen and oxygen atoms in total. The number of aromatic nitrogens is 4. The van der Waals surface area contributed by atoms with E-state index in [1.165, 1.54) is 12.1 Å². The van der Waals surface area contributed by atoms with Crippen LogP contribution in [0.3, 0.4) is 0 Å². The minimum Gasteiger partial charge on any atom is -0.346 e. The highest BCUT2D eigenvalue weighted by atomic mass is 16.6. The van der Waals surface area contributed by atoms with Gasteiger partial charge in [-0.3, -0.25) is 19.6 Å². The number of hydrogen-bond acceptors (Lipinski definition) is 5. The number of likely N-dealkylation sites (tertiary alicyclic amines) is 1. The van der Waals surface area contributed by atoms with Crippen LogP contribution >= 0.6 is 0 Å². The highest BCUT2D eigenvalue weighted by Gasteiger charge is 2.25. The summed E-state index contributed by atoms with van der Waals surface area (Å²) < 4.78 is 1.87. The third kappa shape index (κ3) is 3.09. The number of H-pyrrole nitrogens is 2. The predicted molar refractivity (Wildman–Crippen MR) is 109 cm³/mol. The molecule has 2 N–H and O–H groups in total. The molecule has 148 valence electrons. The summed E-state index contributed by atoms with van der Waals surface area (Å²) >= 11 is 0. The van der Waals surface area contributed by atoms with E-state index in [1.54, 1.807) is 18.3 Å². The molecule has 5 rings (SSSR count). The first kappa shape index (κ1) is 17.6. The molecule has 0 saturated carbocycles. The number of fused-ring (bicyclic) bond motifs is 3. The van der Waals surface area contributed by atoms with Crippen LogP contribution in [0.5, 0.6) is 0 Å². The van der Waals surface area contributed by atoms with Crippen molar-refractivity contribution in [2.75, 3.05) is 13.1 Å². The maximum Gasteiger partial charge on any atom is 0.326 e. The monoisotopic (exact) mass is 392 g/mol. The molecule has 0 bridgehead atoms. The van der Waals surface area contributed by atoms with Crippen molar-refractivity contribution in [3.05, 3.63) is 68.9 Å². The van der Waals surface area contributed by atoms with Crippen molar-refractivity contribution in [2.24, 2.45) is 0 Å². The lowest BCUT2D eigenvalue weighted by Crippen LogP contribution is -2.38. The SMILES string of the molecule is O=c1[nH]c2cnc3[nH]ccc3c2n1[C@@H]1CCCN(Cc2ccc([N+](=O)[O-])cc2)C1. The molecule has 29 heavy (non-hydrogen) atoms. The Labute approximate surface area is 165 Å². The maximum absolute atomic E-state index is 12.8. The average Bonchev–Trinajstić information content (AvgIpc) is 3.31. The third-order valence-corrected chi connectivity index (χ3v) is 5.66. The normalized spacial score (nSPS) is 17.9. The van der Waals surface area contributed by atoms with Gasteiger partial charge in [0.2, 0.25) is 0 Å². The van der Waals surface area contributed by atoms with E-state index in [0.29, 0.717) is 6.54 Å². The van der Waals surface area contributed by atoms with Crippen LogP contribution in [0.15, 0.2) is 47.5 Å². The summed E-state index contributed by atoms with van der Waals surface area (Å²) in [4.78, 5) is 35.9. The number of piperidine rings is 1. The van der Waals surface area contributed by atoms with Gasteiger partial charge in [-0.15, -0.1) is 0 Å². The fraction of sp³-hybridized carbons (Fsp3) is 0.300. The number of rotatable bonds is 4. The first-order valence-electron chi connectivity index (χ1n) is 9.62.